The van der Waals surface area contributed by atoms with Gasteiger partial charge in [-0.1, -0.05) is 46.3 Å². The van der Waals surface area contributed by atoms with Crippen LogP contribution in [0.1, 0.15) is 19.8 Å². The zero-order valence-corrected chi connectivity index (χ0v) is 14.0. The normalized spacial score (nSPS) is 24.0. The summed E-state index contributed by atoms with van der Waals surface area (Å²) in [6.45, 7) is 2.28. The Hall–Kier alpha value is -1.13. The lowest BCUT2D eigenvalue weighted by Crippen LogP contribution is -2.33. The molecule has 3 nitrogen and oxygen atoms in total. The van der Waals surface area contributed by atoms with E-state index in [1.165, 1.54) is 0 Å². The van der Waals surface area contributed by atoms with E-state index in [9.17, 15) is 9.59 Å². The number of hydrogen-bond donors (Lipinski definition) is 0. The van der Waals surface area contributed by atoms with Crippen molar-refractivity contribution in [3.8, 4) is 0 Å². The second-order valence-corrected chi connectivity index (χ2v) is 5.90. The van der Waals surface area contributed by atoms with Crippen LogP contribution < -0.4 is 0 Å². The van der Waals surface area contributed by atoms with Crippen molar-refractivity contribution in [2.75, 3.05) is 11.9 Å². The van der Waals surface area contributed by atoms with Crippen molar-refractivity contribution in [3.63, 3.8) is 0 Å². The number of Topliss-reactive ketones (excluding diaryl/α,β-unsaturated/α-hetero) is 1. The summed E-state index contributed by atoms with van der Waals surface area (Å²) in [5, 5.41) is 0.0875. The molecule has 0 aromatic rings. The molecule has 2 rings (SSSR count). The maximum atomic E-state index is 12.9. The van der Waals surface area contributed by atoms with Gasteiger partial charge < -0.3 is 4.74 Å². The first-order valence-corrected chi connectivity index (χ1v) is 8.33. The first-order valence-electron chi connectivity index (χ1n) is 6.83. The van der Waals surface area contributed by atoms with Crippen LogP contribution in [0.25, 0.3) is 0 Å². The van der Waals surface area contributed by atoms with Gasteiger partial charge in [0.1, 0.15) is 5.76 Å². The van der Waals surface area contributed by atoms with Crippen LogP contribution in [-0.4, -0.2) is 23.0 Å². The molecule has 0 aromatic heterocycles. The topological polar surface area (TPSA) is 43.4 Å². The zero-order chi connectivity index (χ0) is 15.5. The van der Waals surface area contributed by atoms with Crippen molar-refractivity contribution < 1.29 is 14.3 Å². The monoisotopic (exact) mass is 370 g/mol. The molecule has 0 bridgehead atoms. The predicted octanol–water partition coefficient (Wildman–Crippen LogP) is 3.84. The van der Waals surface area contributed by atoms with Crippen LogP contribution in [0.15, 0.2) is 47.3 Å². The third kappa shape index (κ3) is 2.67. The fourth-order valence-electron chi connectivity index (χ4n) is 2.63. The van der Waals surface area contributed by atoms with Crippen molar-refractivity contribution in [1.82, 2.24) is 0 Å². The van der Waals surface area contributed by atoms with Crippen LogP contribution >= 0.6 is 27.5 Å². The molecule has 0 fully saturated rings. The lowest BCUT2D eigenvalue weighted by Gasteiger charge is -2.21. The molecule has 1 atom stereocenters. The van der Waals surface area contributed by atoms with E-state index in [0.717, 1.165) is 11.8 Å². The van der Waals surface area contributed by atoms with Gasteiger partial charge in [-0.15, -0.1) is 0 Å². The smallest absolute Gasteiger partial charge is 0.244 e. The minimum absolute atomic E-state index is 0.266. The number of hydrogen-bond acceptors (Lipinski definition) is 3. The third-order valence-electron chi connectivity index (χ3n) is 3.57. The van der Waals surface area contributed by atoms with Crippen LogP contribution in [-0.2, 0) is 14.3 Å². The molecule has 0 amide bonds. The fraction of sp³-hybridized carbons (Fsp3) is 0.375. The summed E-state index contributed by atoms with van der Waals surface area (Å²) in [6.07, 6.45) is 9.88. The summed E-state index contributed by atoms with van der Waals surface area (Å²) in [5.74, 6) is 0.242. The third-order valence-corrected chi connectivity index (χ3v) is 4.43. The van der Waals surface area contributed by atoms with Gasteiger partial charge in [0.2, 0.25) is 5.24 Å². The standard InChI is InChI=1S/C16H16BrClO3/c1-2-21-13-11(7-6-10-17)14(19)16(15(18)20)9-5-3-4-8-12(13)16/h3-5,8-9H,2,6-7,10H2,1H3. The Kier molecular flexibility index (Phi) is 5.22. The molecule has 0 saturated heterocycles. The SMILES string of the molecule is CCOC1=C(CCCBr)C(=O)C2(C(=O)Cl)C=CC=CC=C12. The average Bonchev–Trinajstić information content (AvgIpc) is 2.61. The molecule has 112 valence electrons. The van der Waals surface area contributed by atoms with E-state index in [1.54, 1.807) is 30.4 Å². The summed E-state index contributed by atoms with van der Waals surface area (Å²) in [6, 6.07) is 0. The molecule has 0 aromatic carbocycles. The Morgan fingerprint density at radius 2 is 2.14 bits per heavy atom. The van der Waals surface area contributed by atoms with Gasteiger partial charge in [-0.2, -0.15) is 0 Å². The van der Waals surface area contributed by atoms with Gasteiger partial charge in [0.15, 0.2) is 11.2 Å². The molecule has 0 N–H and O–H groups in total. The highest BCUT2D eigenvalue weighted by Crippen LogP contribution is 2.49. The Balaban J connectivity index is 2.59. The summed E-state index contributed by atoms with van der Waals surface area (Å²) in [5.41, 5.74) is -0.336. The van der Waals surface area contributed by atoms with Crippen LogP contribution in [0.5, 0.6) is 0 Å². The van der Waals surface area contributed by atoms with Crippen LogP contribution in [0, 0.1) is 5.41 Å². The number of carbonyl (C=O) groups is 2. The van der Waals surface area contributed by atoms with Gasteiger partial charge in [-0.3, -0.25) is 9.59 Å². The number of alkyl halides is 1. The molecule has 2 aliphatic rings. The lowest BCUT2D eigenvalue weighted by molar-refractivity contribution is -0.128. The van der Waals surface area contributed by atoms with E-state index in [-0.39, 0.29) is 5.78 Å². The Bertz CT molecular complexity index is 586. The van der Waals surface area contributed by atoms with Crippen LogP contribution in [0.3, 0.4) is 0 Å². The van der Waals surface area contributed by atoms with Crippen molar-refractivity contribution in [3.05, 3.63) is 47.3 Å². The second-order valence-electron chi connectivity index (χ2n) is 4.77. The van der Waals surface area contributed by atoms with Crippen molar-refractivity contribution >= 4 is 38.6 Å². The van der Waals surface area contributed by atoms with E-state index in [2.05, 4.69) is 15.9 Å². The van der Waals surface area contributed by atoms with Crippen molar-refractivity contribution in [2.45, 2.75) is 19.8 Å². The summed E-state index contributed by atoms with van der Waals surface area (Å²) < 4.78 is 5.68. The molecule has 0 spiro atoms. The number of halogens is 2. The number of ether oxygens (including phenoxy) is 1. The minimum Gasteiger partial charge on any atom is -0.493 e. The van der Waals surface area contributed by atoms with E-state index in [4.69, 9.17) is 16.3 Å². The van der Waals surface area contributed by atoms with E-state index in [1.807, 2.05) is 6.92 Å². The molecule has 1 unspecified atom stereocenters. The summed E-state index contributed by atoms with van der Waals surface area (Å²) >= 11 is 9.17. The van der Waals surface area contributed by atoms with E-state index < -0.39 is 10.7 Å². The lowest BCUT2D eigenvalue weighted by atomic mass is 9.80. The number of allylic oxidation sites excluding steroid dienone is 7. The molecular formula is C16H16BrClO3. The molecular weight excluding hydrogens is 356 g/mol. The van der Waals surface area contributed by atoms with Gasteiger partial charge in [0, 0.05) is 16.5 Å². The largest absolute Gasteiger partial charge is 0.493 e. The highest BCUT2D eigenvalue weighted by Gasteiger charge is 2.54. The summed E-state index contributed by atoms with van der Waals surface area (Å²) in [4.78, 5) is 24.9. The van der Waals surface area contributed by atoms with Crippen LogP contribution in [0.2, 0.25) is 0 Å². The van der Waals surface area contributed by atoms with E-state index in [0.29, 0.717) is 29.9 Å². The van der Waals surface area contributed by atoms with Crippen LogP contribution in [0.4, 0.5) is 0 Å². The van der Waals surface area contributed by atoms with Gasteiger partial charge in [0.05, 0.1) is 6.61 Å². The number of carbonyl (C=O) groups excluding carboxylic acids is 2. The van der Waals surface area contributed by atoms with Gasteiger partial charge in [0.25, 0.3) is 0 Å². The average molecular weight is 372 g/mol. The molecule has 2 aliphatic carbocycles. The van der Waals surface area contributed by atoms with Gasteiger partial charge in [-0.25, -0.2) is 0 Å². The second kappa shape index (κ2) is 6.75. The molecule has 5 heteroatoms. The molecule has 0 aliphatic heterocycles. The van der Waals surface area contributed by atoms with Gasteiger partial charge >= 0.3 is 0 Å². The van der Waals surface area contributed by atoms with Crippen molar-refractivity contribution in [1.29, 1.82) is 0 Å². The maximum absolute atomic E-state index is 12.9. The molecule has 0 heterocycles. The number of fused-ring (bicyclic) bond motifs is 1. The molecule has 0 saturated carbocycles. The summed E-state index contributed by atoms with van der Waals surface area (Å²) in [7, 11) is 0. The maximum Gasteiger partial charge on any atom is 0.244 e. The van der Waals surface area contributed by atoms with Gasteiger partial charge in [-0.05, 0) is 31.4 Å². The Morgan fingerprint density at radius 3 is 2.76 bits per heavy atom. The highest BCUT2D eigenvalue weighted by molar-refractivity contribution is 9.09. The minimum atomic E-state index is -1.43. The first-order chi connectivity index (χ1) is 10.1. The quantitative estimate of drug-likeness (QED) is 0.405. The molecule has 0 radical (unpaired) electrons. The number of ketones is 1. The highest BCUT2D eigenvalue weighted by atomic mass is 79.9. The Labute approximate surface area is 137 Å². The van der Waals surface area contributed by atoms with E-state index >= 15 is 0 Å². The Morgan fingerprint density at radius 1 is 1.38 bits per heavy atom. The first kappa shape index (κ1) is 16.2. The van der Waals surface area contributed by atoms with Crippen molar-refractivity contribution in [2.24, 2.45) is 5.41 Å². The number of rotatable bonds is 6. The zero-order valence-electron chi connectivity index (χ0n) is 11.7. The fourth-order valence-corrected chi connectivity index (χ4v) is 3.16. The molecule has 21 heavy (non-hydrogen) atoms. The predicted molar refractivity (Wildman–Crippen MR) is 86.3 cm³/mol.